The van der Waals surface area contributed by atoms with E-state index in [9.17, 15) is 0 Å². The van der Waals surface area contributed by atoms with Crippen LogP contribution in [-0.4, -0.2) is 5.54 Å². The van der Waals surface area contributed by atoms with Crippen molar-refractivity contribution in [2.75, 3.05) is 0 Å². The highest BCUT2D eigenvalue weighted by atomic mass is 14.7. The Bertz CT molecular complexity index is 319. The number of rotatable bonds is 9. The second kappa shape index (κ2) is 8.67. The predicted molar refractivity (Wildman–Crippen MR) is 92.9 cm³/mol. The zero-order chi connectivity index (χ0) is 15.8. The van der Waals surface area contributed by atoms with Gasteiger partial charge in [-0.1, -0.05) is 51.5 Å². The fraction of sp³-hybridized carbons (Fsp3) is 0.789. The Labute approximate surface area is 127 Å². The zero-order valence-electron chi connectivity index (χ0n) is 14.9. The average Bonchev–Trinajstić information content (AvgIpc) is 2.34. The van der Waals surface area contributed by atoms with Crippen LogP contribution in [0.25, 0.3) is 0 Å². The van der Waals surface area contributed by atoms with Gasteiger partial charge in [-0.05, 0) is 64.2 Å². The SMILES string of the molecule is C/C=C\CC(C)(C)/C(C)=C/CCC(C)(N)CCC(C)C. The largest absolute Gasteiger partial charge is 0.325 e. The van der Waals surface area contributed by atoms with Crippen LogP contribution in [0.1, 0.15) is 80.6 Å². The molecule has 20 heavy (non-hydrogen) atoms. The normalized spacial score (nSPS) is 16.9. The lowest BCUT2D eigenvalue weighted by Crippen LogP contribution is -2.36. The Morgan fingerprint density at radius 3 is 2.25 bits per heavy atom. The minimum atomic E-state index is -0.0193. The summed E-state index contributed by atoms with van der Waals surface area (Å²) in [6.07, 6.45) is 12.4. The lowest BCUT2D eigenvalue weighted by molar-refractivity contribution is 0.363. The monoisotopic (exact) mass is 279 g/mol. The third-order valence-corrected chi connectivity index (χ3v) is 4.39. The van der Waals surface area contributed by atoms with Crippen molar-refractivity contribution >= 4 is 0 Å². The van der Waals surface area contributed by atoms with Gasteiger partial charge in [0.25, 0.3) is 0 Å². The molecular formula is C19H37N. The van der Waals surface area contributed by atoms with E-state index in [1.165, 1.54) is 12.0 Å². The van der Waals surface area contributed by atoms with Crippen LogP contribution in [-0.2, 0) is 0 Å². The van der Waals surface area contributed by atoms with E-state index < -0.39 is 0 Å². The van der Waals surface area contributed by atoms with Gasteiger partial charge in [0.1, 0.15) is 0 Å². The molecule has 0 rings (SSSR count). The van der Waals surface area contributed by atoms with E-state index in [0.29, 0.717) is 0 Å². The fourth-order valence-corrected chi connectivity index (χ4v) is 2.21. The third kappa shape index (κ3) is 8.58. The van der Waals surface area contributed by atoms with Crippen molar-refractivity contribution in [1.82, 2.24) is 0 Å². The van der Waals surface area contributed by atoms with Gasteiger partial charge in [-0.2, -0.15) is 0 Å². The van der Waals surface area contributed by atoms with E-state index in [0.717, 1.165) is 31.6 Å². The van der Waals surface area contributed by atoms with E-state index >= 15 is 0 Å². The molecule has 0 fully saturated rings. The molecular weight excluding hydrogens is 242 g/mol. The van der Waals surface area contributed by atoms with E-state index in [4.69, 9.17) is 5.73 Å². The summed E-state index contributed by atoms with van der Waals surface area (Å²) in [7, 11) is 0. The molecule has 0 aromatic carbocycles. The Hall–Kier alpha value is -0.560. The van der Waals surface area contributed by atoms with Gasteiger partial charge >= 0.3 is 0 Å². The summed E-state index contributed by atoms with van der Waals surface area (Å²) in [6, 6.07) is 0. The summed E-state index contributed by atoms with van der Waals surface area (Å²) in [5.74, 6) is 0.745. The lowest BCUT2D eigenvalue weighted by atomic mass is 9.80. The first-order chi connectivity index (χ1) is 9.10. The van der Waals surface area contributed by atoms with Gasteiger partial charge in [0.05, 0.1) is 0 Å². The van der Waals surface area contributed by atoms with Gasteiger partial charge in [-0.3, -0.25) is 0 Å². The van der Waals surface area contributed by atoms with Crippen LogP contribution in [0.2, 0.25) is 0 Å². The van der Waals surface area contributed by atoms with E-state index in [1.54, 1.807) is 0 Å². The molecule has 0 spiro atoms. The Kier molecular flexibility index (Phi) is 8.42. The smallest absolute Gasteiger partial charge is 0.0128 e. The maximum atomic E-state index is 6.40. The second-order valence-electron chi connectivity index (χ2n) is 7.67. The first kappa shape index (κ1) is 19.4. The summed E-state index contributed by atoms with van der Waals surface area (Å²) in [5, 5.41) is 0. The molecule has 0 saturated heterocycles. The van der Waals surface area contributed by atoms with E-state index in [1.807, 2.05) is 0 Å². The van der Waals surface area contributed by atoms with E-state index in [-0.39, 0.29) is 11.0 Å². The molecule has 0 aliphatic heterocycles. The highest BCUT2D eigenvalue weighted by Gasteiger charge is 2.20. The minimum absolute atomic E-state index is 0.0193. The zero-order valence-corrected chi connectivity index (χ0v) is 14.9. The molecule has 1 unspecified atom stereocenters. The van der Waals surface area contributed by atoms with Crippen molar-refractivity contribution in [2.24, 2.45) is 17.1 Å². The summed E-state index contributed by atoms with van der Waals surface area (Å²) < 4.78 is 0. The van der Waals surface area contributed by atoms with Crippen LogP contribution in [0.3, 0.4) is 0 Å². The molecule has 0 saturated carbocycles. The third-order valence-electron chi connectivity index (χ3n) is 4.39. The topological polar surface area (TPSA) is 26.0 Å². The van der Waals surface area contributed by atoms with Crippen molar-refractivity contribution in [2.45, 2.75) is 86.1 Å². The van der Waals surface area contributed by atoms with Crippen LogP contribution in [0.15, 0.2) is 23.8 Å². The summed E-state index contributed by atoms with van der Waals surface area (Å²) in [5.41, 5.74) is 8.12. The number of hydrogen-bond donors (Lipinski definition) is 1. The molecule has 2 N–H and O–H groups in total. The van der Waals surface area contributed by atoms with E-state index in [2.05, 4.69) is 66.7 Å². The minimum Gasteiger partial charge on any atom is -0.325 e. The second-order valence-corrected chi connectivity index (χ2v) is 7.67. The molecule has 0 aliphatic rings. The summed E-state index contributed by atoms with van der Waals surface area (Å²) >= 11 is 0. The van der Waals surface area contributed by atoms with Gasteiger partial charge in [-0.25, -0.2) is 0 Å². The maximum Gasteiger partial charge on any atom is 0.0128 e. The Morgan fingerprint density at radius 2 is 1.75 bits per heavy atom. The Balaban J connectivity index is 4.34. The number of hydrogen-bond acceptors (Lipinski definition) is 1. The molecule has 1 heteroatoms. The van der Waals surface area contributed by atoms with Crippen LogP contribution >= 0.6 is 0 Å². The van der Waals surface area contributed by atoms with Crippen molar-refractivity contribution in [3.63, 3.8) is 0 Å². The molecule has 0 aromatic heterocycles. The molecule has 0 heterocycles. The van der Waals surface area contributed by atoms with Gasteiger partial charge in [0.15, 0.2) is 0 Å². The van der Waals surface area contributed by atoms with Crippen LogP contribution in [0.5, 0.6) is 0 Å². The quantitative estimate of drug-likeness (QED) is 0.526. The molecule has 1 nitrogen and oxygen atoms in total. The summed E-state index contributed by atoms with van der Waals surface area (Å²) in [6.45, 7) is 15.7. The molecule has 0 radical (unpaired) electrons. The van der Waals surface area contributed by atoms with Crippen LogP contribution in [0, 0.1) is 11.3 Å². The van der Waals surface area contributed by atoms with Gasteiger partial charge in [0, 0.05) is 5.54 Å². The van der Waals surface area contributed by atoms with Crippen molar-refractivity contribution in [1.29, 1.82) is 0 Å². The molecule has 0 aliphatic carbocycles. The first-order valence-corrected chi connectivity index (χ1v) is 8.18. The average molecular weight is 280 g/mol. The fourth-order valence-electron chi connectivity index (χ4n) is 2.21. The molecule has 0 aromatic rings. The molecule has 1 atom stereocenters. The van der Waals surface area contributed by atoms with Crippen molar-refractivity contribution in [3.05, 3.63) is 23.8 Å². The highest BCUT2D eigenvalue weighted by Crippen LogP contribution is 2.31. The van der Waals surface area contributed by atoms with Crippen LogP contribution < -0.4 is 5.73 Å². The van der Waals surface area contributed by atoms with Gasteiger partial charge in [0.2, 0.25) is 0 Å². The predicted octanol–water partition coefficient (Wildman–Crippen LogP) is 5.86. The lowest BCUT2D eigenvalue weighted by Gasteiger charge is -2.27. The standard InChI is InChI=1S/C19H37N/c1-8-9-13-18(5,6)17(4)11-10-14-19(7,20)15-12-16(2)3/h8-9,11,16H,10,12-15,20H2,1-7H3/b9-8-,17-11+. The number of allylic oxidation sites excluding steroid dienone is 4. The van der Waals surface area contributed by atoms with Gasteiger partial charge in [-0.15, -0.1) is 0 Å². The molecule has 0 bridgehead atoms. The Morgan fingerprint density at radius 1 is 1.15 bits per heavy atom. The van der Waals surface area contributed by atoms with Crippen molar-refractivity contribution in [3.8, 4) is 0 Å². The summed E-state index contributed by atoms with van der Waals surface area (Å²) in [4.78, 5) is 0. The maximum absolute atomic E-state index is 6.40. The molecule has 118 valence electrons. The van der Waals surface area contributed by atoms with Gasteiger partial charge < -0.3 is 5.73 Å². The van der Waals surface area contributed by atoms with Crippen LogP contribution in [0.4, 0.5) is 0 Å². The highest BCUT2D eigenvalue weighted by molar-refractivity contribution is 5.11. The van der Waals surface area contributed by atoms with Crippen molar-refractivity contribution < 1.29 is 0 Å². The molecule has 0 amide bonds. The number of nitrogens with two attached hydrogens (primary N) is 1. The first-order valence-electron chi connectivity index (χ1n) is 8.18.